The molecular formula is C19H22O2. The van der Waals surface area contributed by atoms with E-state index in [0.717, 1.165) is 34.9 Å². The van der Waals surface area contributed by atoms with Crippen LogP contribution in [0.5, 0.6) is 5.75 Å². The first-order chi connectivity index (χ1) is 10.1. The van der Waals surface area contributed by atoms with Crippen molar-refractivity contribution >= 4 is 16.6 Å². The molecule has 2 aromatic rings. The van der Waals surface area contributed by atoms with Gasteiger partial charge in [0, 0.05) is 10.9 Å². The number of carbonyl (C=O) groups is 1. The van der Waals surface area contributed by atoms with Crippen LogP contribution in [0.4, 0.5) is 0 Å². The maximum absolute atomic E-state index is 11.6. The van der Waals surface area contributed by atoms with Crippen LogP contribution < -0.4 is 4.74 Å². The van der Waals surface area contributed by atoms with Crippen molar-refractivity contribution in [2.24, 2.45) is 0 Å². The highest BCUT2D eigenvalue weighted by atomic mass is 16.5. The van der Waals surface area contributed by atoms with E-state index in [9.17, 15) is 4.79 Å². The molecule has 0 heterocycles. The Kier molecular flexibility index (Phi) is 3.96. The van der Waals surface area contributed by atoms with Gasteiger partial charge in [0.25, 0.3) is 0 Å². The SMILES string of the molecule is CC(=O)c1ccc2c(OC3CCCCC3)ccc(C)c2c1. The van der Waals surface area contributed by atoms with Gasteiger partial charge in [0.2, 0.25) is 0 Å². The zero-order chi connectivity index (χ0) is 14.8. The van der Waals surface area contributed by atoms with Crippen LogP contribution >= 0.6 is 0 Å². The van der Waals surface area contributed by atoms with Crippen LogP contribution in [0.3, 0.4) is 0 Å². The number of hydrogen-bond donors (Lipinski definition) is 0. The van der Waals surface area contributed by atoms with Crippen molar-refractivity contribution in [3.8, 4) is 5.75 Å². The van der Waals surface area contributed by atoms with Gasteiger partial charge >= 0.3 is 0 Å². The molecule has 21 heavy (non-hydrogen) atoms. The third-order valence-corrected chi connectivity index (χ3v) is 4.45. The molecular weight excluding hydrogens is 260 g/mol. The number of hydrogen-bond acceptors (Lipinski definition) is 2. The Labute approximate surface area is 126 Å². The van der Waals surface area contributed by atoms with Gasteiger partial charge in [0.15, 0.2) is 5.78 Å². The maximum atomic E-state index is 11.6. The molecule has 0 aromatic heterocycles. The minimum Gasteiger partial charge on any atom is -0.490 e. The smallest absolute Gasteiger partial charge is 0.159 e. The Morgan fingerprint density at radius 2 is 1.81 bits per heavy atom. The van der Waals surface area contributed by atoms with E-state index in [2.05, 4.69) is 19.1 Å². The fourth-order valence-corrected chi connectivity index (χ4v) is 3.15. The molecule has 1 fully saturated rings. The van der Waals surface area contributed by atoms with E-state index in [1.165, 1.54) is 24.8 Å². The lowest BCUT2D eigenvalue weighted by Crippen LogP contribution is -2.19. The topological polar surface area (TPSA) is 26.3 Å². The van der Waals surface area contributed by atoms with Gasteiger partial charge in [-0.15, -0.1) is 0 Å². The Morgan fingerprint density at radius 1 is 1.05 bits per heavy atom. The number of benzene rings is 2. The highest BCUT2D eigenvalue weighted by molar-refractivity contribution is 6.00. The third-order valence-electron chi connectivity index (χ3n) is 4.45. The van der Waals surface area contributed by atoms with Crippen molar-refractivity contribution in [2.75, 3.05) is 0 Å². The van der Waals surface area contributed by atoms with Gasteiger partial charge in [-0.1, -0.05) is 18.6 Å². The molecule has 1 aliphatic carbocycles. The first-order valence-corrected chi connectivity index (χ1v) is 7.86. The second kappa shape index (κ2) is 5.88. The minimum atomic E-state index is 0.106. The molecule has 2 heteroatoms. The van der Waals surface area contributed by atoms with Crippen molar-refractivity contribution in [1.82, 2.24) is 0 Å². The van der Waals surface area contributed by atoms with Crippen LogP contribution in [0.15, 0.2) is 30.3 Å². The quantitative estimate of drug-likeness (QED) is 0.735. The molecule has 3 rings (SSSR count). The van der Waals surface area contributed by atoms with Gasteiger partial charge < -0.3 is 4.74 Å². The van der Waals surface area contributed by atoms with Crippen molar-refractivity contribution in [3.63, 3.8) is 0 Å². The fourth-order valence-electron chi connectivity index (χ4n) is 3.15. The summed E-state index contributed by atoms with van der Waals surface area (Å²) in [7, 11) is 0. The summed E-state index contributed by atoms with van der Waals surface area (Å²) >= 11 is 0. The van der Waals surface area contributed by atoms with Crippen LogP contribution in [0, 0.1) is 6.92 Å². The standard InChI is InChI=1S/C19H22O2/c1-13-8-11-19(21-16-6-4-3-5-7-16)17-10-9-15(14(2)20)12-18(13)17/h8-12,16H,3-7H2,1-2H3. The summed E-state index contributed by atoms with van der Waals surface area (Å²) in [6, 6.07) is 10.1. The van der Waals surface area contributed by atoms with Gasteiger partial charge in [-0.3, -0.25) is 4.79 Å². The molecule has 0 N–H and O–H groups in total. The highest BCUT2D eigenvalue weighted by Crippen LogP contribution is 2.32. The predicted molar refractivity (Wildman–Crippen MR) is 86.2 cm³/mol. The van der Waals surface area contributed by atoms with E-state index < -0.39 is 0 Å². The minimum absolute atomic E-state index is 0.106. The molecule has 0 bridgehead atoms. The van der Waals surface area contributed by atoms with Crippen LogP contribution in [0.2, 0.25) is 0 Å². The number of carbonyl (C=O) groups excluding carboxylic acids is 1. The zero-order valence-corrected chi connectivity index (χ0v) is 12.8. The molecule has 1 saturated carbocycles. The van der Waals surface area contributed by atoms with Crippen LogP contribution in [-0.4, -0.2) is 11.9 Å². The summed E-state index contributed by atoms with van der Waals surface area (Å²) in [4.78, 5) is 11.6. The lowest BCUT2D eigenvalue weighted by molar-refractivity contribution is 0.101. The van der Waals surface area contributed by atoms with Crippen molar-refractivity contribution in [2.45, 2.75) is 52.1 Å². The van der Waals surface area contributed by atoms with Crippen LogP contribution in [-0.2, 0) is 0 Å². The number of fused-ring (bicyclic) bond motifs is 1. The van der Waals surface area contributed by atoms with E-state index in [-0.39, 0.29) is 5.78 Å². The molecule has 0 unspecified atom stereocenters. The van der Waals surface area contributed by atoms with E-state index >= 15 is 0 Å². The predicted octanol–water partition coefficient (Wildman–Crippen LogP) is 5.06. The summed E-state index contributed by atoms with van der Waals surface area (Å²) in [6.07, 6.45) is 6.52. The van der Waals surface area contributed by atoms with Crippen molar-refractivity contribution in [3.05, 3.63) is 41.5 Å². The summed E-state index contributed by atoms with van der Waals surface area (Å²) in [5.41, 5.74) is 1.95. The Morgan fingerprint density at radius 3 is 2.52 bits per heavy atom. The molecule has 2 nitrogen and oxygen atoms in total. The third kappa shape index (κ3) is 2.94. The molecule has 0 amide bonds. The molecule has 0 atom stereocenters. The second-order valence-electron chi connectivity index (χ2n) is 6.08. The molecule has 0 aliphatic heterocycles. The number of ketones is 1. The van der Waals surface area contributed by atoms with Gasteiger partial charge in [-0.2, -0.15) is 0 Å². The fraction of sp³-hybridized carbons (Fsp3) is 0.421. The summed E-state index contributed by atoms with van der Waals surface area (Å²) in [6.45, 7) is 3.69. The summed E-state index contributed by atoms with van der Waals surface area (Å²) < 4.78 is 6.24. The lowest BCUT2D eigenvalue weighted by atomic mass is 9.97. The molecule has 2 aromatic carbocycles. The first kappa shape index (κ1) is 14.1. The maximum Gasteiger partial charge on any atom is 0.159 e. The molecule has 0 radical (unpaired) electrons. The summed E-state index contributed by atoms with van der Waals surface area (Å²) in [5.74, 6) is 1.06. The average molecular weight is 282 g/mol. The first-order valence-electron chi connectivity index (χ1n) is 7.86. The van der Waals surface area contributed by atoms with E-state index in [1.807, 2.05) is 18.2 Å². The summed E-state index contributed by atoms with van der Waals surface area (Å²) in [5, 5.41) is 2.24. The van der Waals surface area contributed by atoms with Gasteiger partial charge in [0.1, 0.15) is 5.75 Å². The largest absolute Gasteiger partial charge is 0.490 e. The number of ether oxygens (including phenoxy) is 1. The Balaban J connectivity index is 1.99. The normalized spacial score (nSPS) is 16.1. The molecule has 0 spiro atoms. The van der Waals surface area contributed by atoms with E-state index in [1.54, 1.807) is 6.92 Å². The van der Waals surface area contributed by atoms with Gasteiger partial charge in [-0.25, -0.2) is 0 Å². The molecule has 1 aliphatic rings. The zero-order valence-electron chi connectivity index (χ0n) is 12.8. The van der Waals surface area contributed by atoms with Gasteiger partial charge in [-0.05, 0) is 68.7 Å². The van der Waals surface area contributed by atoms with Crippen molar-refractivity contribution < 1.29 is 9.53 Å². The van der Waals surface area contributed by atoms with E-state index in [0.29, 0.717) is 6.10 Å². The van der Waals surface area contributed by atoms with Gasteiger partial charge in [0.05, 0.1) is 6.10 Å². The average Bonchev–Trinajstić information content (AvgIpc) is 2.51. The molecule has 110 valence electrons. The Bertz CT molecular complexity index is 667. The number of aryl methyl sites for hydroxylation is 1. The van der Waals surface area contributed by atoms with E-state index in [4.69, 9.17) is 4.74 Å². The monoisotopic (exact) mass is 282 g/mol. The highest BCUT2D eigenvalue weighted by Gasteiger charge is 2.16. The van der Waals surface area contributed by atoms with Crippen LogP contribution in [0.1, 0.15) is 54.9 Å². The van der Waals surface area contributed by atoms with Crippen LogP contribution in [0.25, 0.3) is 10.8 Å². The Hall–Kier alpha value is -1.83. The molecule has 0 saturated heterocycles. The number of Topliss-reactive ketones (excluding diaryl/α,β-unsaturated/α-hetero) is 1. The second-order valence-corrected chi connectivity index (χ2v) is 6.08. The lowest BCUT2D eigenvalue weighted by Gasteiger charge is -2.24. The van der Waals surface area contributed by atoms with Crippen molar-refractivity contribution in [1.29, 1.82) is 0 Å². The number of rotatable bonds is 3.